The van der Waals surface area contributed by atoms with Crippen molar-refractivity contribution >= 4 is 23.5 Å². The van der Waals surface area contributed by atoms with Crippen molar-refractivity contribution in [1.29, 1.82) is 0 Å². The van der Waals surface area contributed by atoms with Crippen LogP contribution in [0.3, 0.4) is 0 Å². The Morgan fingerprint density at radius 3 is 2.31 bits per heavy atom. The second-order valence-corrected chi connectivity index (χ2v) is 5.69. The lowest BCUT2D eigenvalue weighted by molar-refractivity contribution is 0.584. The summed E-state index contributed by atoms with van der Waals surface area (Å²) >= 11 is 0. The number of aromatic nitrogens is 5. The minimum atomic E-state index is -0.717. The Bertz CT molecular complexity index is 912. The van der Waals surface area contributed by atoms with Crippen molar-refractivity contribution in [3.05, 3.63) is 42.1 Å². The first-order chi connectivity index (χ1) is 12.4. The molecule has 0 aliphatic rings. The fraction of sp³-hybridized carbons (Fsp3) is 0.188. The summed E-state index contributed by atoms with van der Waals surface area (Å²) in [6, 6.07) is 4.69. The number of halogens is 2. The van der Waals surface area contributed by atoms with Gasteiger partial charge in [0.1, 0.15) is 17.3 Å². The monoisotopic (exact) mass is 358 g/mol. The first-order valence-electron chi connectivity index (χ1n) is 7.73. The van der Waals surface area contributed by atoms with Crippen LogP contribution in [0.25, 0.3) is 11.5 Å². The van der Waals surface area contributed by atoms with Gasteiger partial charge in [0.05, 0.1) is 0 Å². The predicted octanol–water partition coefficient (Wildman–Crippen LogP) is 2.75. The van der Waals surface area contributed by atoms with Gasteiger partial charge in [-0.15, -0.1) is 0 Å². The number of hydrogen-bond donors (Lipinski definition) is 3. The van der Waals surface area contributed by atoms with Crippen LogP contribution in [0.5, 0.6) is 0 Å². The van der Waals surface area contributed by atoms with E-state index in [2.05, 4.69) is 35.6 Å². The first-order valence-corrected chi connectivity index (χ1v) is 7.73. The van der Waals surface area contributed by atoms with Gasteiger partial charge in [-0.1, -0.05) is 0 Å². The van der Waals surface area contributed by atoms with Crippen LogP contribution in [0.15, 0.2) is 30.5 Å². The normalized spacial score (nSPS) is 10.8. The van der Waals surface area contributed by atoms with Crippen molar-refractivity contribution in [2.45, 2.75) is 19.9 Å². The molecule has 26 heavy (non-hydrogen) atoms. The van der Waals surface area contributed by atoms with E-state index >= 15 is 0 Å². The van der Waals surface area contributed by atoms with Gasteiger partial charge in [0.2, 0.25) is 17.8 Å². The SMILES string of the molecule is CC(C)Nc1nc(Nc2cc(F)cc(F)c2)nc(-c2ccnc(N)n2)n1. The highest BCUT2D eigenvalue weighted by molar-refractivity contribution is 5.59. The van der Waals surface area contributed by atoms with Crippen LogP contribution in [0.1, 0.15) is 13.8 Å². The Morgan fingerprint density at radius 1 is 0.962 bits per heavy atom. The largest absolute Gasteiger partial charge is 0.368 e. The van der Waals surface area contributed by atoms with Crippen LogP contribution in [-0.2, 0) is 0 Å². The molecule has 4 N–H and O–H groups in total. The third-order valence-corrected chi connectivity index (χ3v) is 3.08. The number of nitrogens with zero attached hydrogens (tertiary/aromatic N) is 5. The molecule has 10 heteroatoms. The molecule has 0 aliphatic heterocycles. The molecular formula is C16H16F2N8. The highest BCUT2D eigenvalue weighted by Gasteiger charge is 2.12. The topological polar surface area (TPSA) is 115 Å². The summed E-state index contributed by atoms with van der Waals surface area (Å²) in [5.74, 6) is -0.752. The van der Waals surface area contributed by atoms with Crippen molar-refractivity contribution in [1.82, 2.24) is 24.9 Å². The highest BCUT2D eigenvalue weighted by Crippen LogP contribution is 2.20. The van der Waals surface area contributed by atoms with Gasteiger partial charge in [-0.3, -0.25) is 0 Å². The maximum atomic E-state index is 13.4. The number of anilines is 4. The van der Waals surface area contributed by atoms with Gasteiger partial charge >= 0.3 is 0 Å². The number of nitrogens with two attached hydrogens (primary N) is 1. The maximum absolute atomic E-state index is 13.4. The molecule has 8 nitrogen and oxygen atoms in total. The molecule has 0 spiro atoms. The van der Waals surface area contributed by atoms with E-state index in [1.165, 1.54) is 6.20 Å². The van der Waals surface area contributed by atoms with Crippen molar-refractivity contribution in [2.75, 3.05) is 16.4 Å². The third kappa shape index (κ3) is 4.35. The Balaban J connectivity index is 2.01. The minimum absolute atomic E-state index is 0.0557. The summed E-state index contributed by atoms with van der Waals surface area (Å²) in [5, 5.41) is 5.82. The second-order valence-electron chi connectivity index (χ2n) is 5.69. The average molecular weight is 358 g/mol. The van der Waals surface area contributed by atoms with Gasteiger partial charge in [0.25, 0.3) is 0 Å². The summed E-state index contributed by atoms with van der Waals surface area (Å²) in [5.41, 5.74) is 6.15. The van der Waals surface area contributed by atoms with Gasteiger partial charge in [0, 0.05) is 24.0 Å². The molecule has 0 saturated heterocycles. The van der Waals surface area contributed by atoms with Crippen LogP contribution < -0.4 is 16.4 Å². The summed E-state index contributed by atoms with van der Waals surface area (Å²) in [6.07, 6.45) is 1.48. The van der Waals surface area contributed by atoms with E-state index in [-0.39, 0.29) is 35.4 Å². The van der Waals surface area contributed by atoms with Crippen molar-refractivity contribution in [3.63, 3.8) is 0 Å². The van der Waals surface area contributed by atoms with E-state index in [9.17, 15) is 8.78 Å². The lowest BCUT2D eigenvalue weighted by Crippen LogP contribution is -2.14. The molecule has 3 rings (SSSR count). The van der Waals surface area contributed by atoms with Gasteiger partial charge in [-0.2, -0.15) is 15.0 Å². The fourth-order valence-electron chi connectivity index (χ4n) is 2.12. The van der Waals surface area contributed by atoms with Gasteiger partial charge in [-0.05, 0) is 32.0 Å². The predicted molar refractivity (Wildman–Crippen MR) is 93.7 cm³/mol. The summed E-state index contributed by atoms with van der Waals surface area (Å²) in [4.78, 5) is 20.7. The fourth-order valence-corrected chi connectivity index (χ4v) is 2.12. The molecule has 2 heterocycles. The van der Waals surface area contributed by atoms with Crippen LogP contribution in [0, 0.1) is 11.6 Å². The molecule has 2 aromatic heterocycles. The van der Waals surface area contributed by atoms with Crippen LogP contribution in [0.2, 0.25) is 0 Å². The van der Waals surface area contributed by atoms with Crippen LogP contribution in [-0.4, -0.2) is 31.0 Å². The zero-order valence-corrected chi connectivity index (χ0v) is 14.0. The minimum Gasteiger partial charge on any atom is -0.368 e. The van der Waals surface area contributed by atoms with E-state index in [0.717, 1.165) is 18.2 Å². The molecule has 0 atom stereocenters. The van der Waals surface area contributed by atoms with Gasteiger partial charge in [-0.25, -0.2) is 18.7 Å². The Labute approximate surface area is 148 Å². The van der Waals surface area contributed by atoms with E-state index in [1.54, 1.807) is 6.07 Å². The van der Waals surface area contributed by atoms with E-state index in [4.69, 9.17) is 5.73 Å². The molecule has 1 aromatic carbocycles. The molecule has 0 radical (unpaired) electrons. The number of nitrogens with one attached hydrogen (secondary N) is 2. The Kier molecular flexibility index (Phi) is 4.83. The zero-order chi connectivity index (χ0) is 18.7. The number of nitrogen functional groups attached to an aromatic ring is 1. The van der Waals surface area contributed by atoms with Gasteiger partial charge in [0.15, 0.2) is 5.82 Å². The molecular weight excluding hydrogens is 342 g/mol. The zero-order valence-electron chi connectivity index (χ0n) is 14.0. The standard InChI is InChI=1S/C16H16F2N8/c1-8(2)21-15-24-13(12-3-4-20-14(19)23-12)25-16(26-15)22-11-6-9(17)5-10(18)7-11/h3-8H,1-2H3,(H2,19,20,23)(H2,21,22,24,25,26). The van der Waals surface area contributed by atoms with Gasteiger partial charge < -0.3 is 16.4 Å². The Hall–Kier alpha value is -3.43. The Morgan fingerprint density at radius 2 is 1.65 bits per heavy atom. The number of rotatable bonds is 5. The number of hydrogen-bond acceptors (Lipinski definition) is 8. The summed E-state index contributed by atoms with van der Waals surface area (Å²) < 4.78 is 26.8. The molecule has 0 aliphatic carbocycles. The van der Waals surface area contributed by atoms with Crippen molar-refractivity contribution in [3.8, 4) is 11.5 Å². The molecule has 0 unspecified atom stereocenters. The lowest BCUT2D eigenvalue weighted by atomic mass is 10.3. The first kappa shape index (κ1) is 17.4. The quantitative estimate of drug-likeness (QED) is 0.638. The molecule has 0 amide bonds. The maximum Gasteiger partial charge on any atom is 0.232 e. The second kappa shape index (κ2) is 7.21. The highest BCUT2D eigenvalue weighted by atomic mass is 19.1. The molecule has 0 saturated carbocycles. The third-order valence-electron chi connectivity index (χ3n) is 3.08. The summed E-state index contributed by atoms with van der Waals surface area (Å²) in [7, 11) is 0. The molecule has 0 bridgehead atoms. The van der Waals surface area contributed by atoms with Crippen molar-refractivity contribution < 1.29 is 8.78 Å². The smallest absolute Gasteiger partial charge is 0.232 e. The van der Waals surface area contributed by atoms with E-state index in [1.807, 2.05) is 13.8 Å². The molecule has 3 aromatic rings. The van der Waals surface area contributed by atoms with Crippen molar-refractivity contribution in [2.24, 2.45) is 0 Å². The number of benzene rings is 1. The lowest BCUT2D eigenvalue weighted by Gasteiger charge is -2.12. The summed E-state index contributed by atoms with van der Waals surface area (Å²) in [6.45, 7) is 3.84. The molecule has 0 fully saturated rings. The average Bonchev–Trinajstić information content (AvgIpc) is 2.53. The van der Waals surface area contributed by atoms with Crippen LogP contribution >= 0.6 is 0 Å². The molecule has 134 valence electrons. The van der Waals surface area contributed by atoms with E-state index in [0.29, 0.717) is 5.69 Å². The van der Waals surface area contributed by atoms with E-state index < -0.39 is 11.6 Å². The van der Waals surface area contributed by atoms with Crippen LogP contribution in [0.4, 0.5) is 32.3 Å².